The molecule has 0 aliphatic heterocycles. The predicted octanol–water partition coefficient (Wildman–Crippen LogP) is 1.64. The topological polar surface area (TPSA) is 68.0 Å². The van der Waals surface area contributed by atoms with Crippen LogP contribution < -0.4 is 11.1 Å². The minimum atomic E-state index is -0.00551. The van der Waals surface area contributed by atoms with E-state index in [1.54, 1.807) is 18.5 Å². The molecule has 2 unspecified atom stereocenters. The number of nitrogens with two attached hydrogens (primary N) is 1. The lowest BCUT2D eigenvalue weighted by molar-refractivity contribution is 0.0941. The molecule has 0 spiro atoms. The van der Waals surface area contributed by atoms with E-state index in [2.05, 4.69) is 10.3 Å². The van der Waals surface area contributed by atoms with Crippen molar-refractivity contribution in [3.8, 4) is 0 Å². The van der Waals surface area contributed by atoms with Gasteiger partial charge in [0, 0.05) is 30.5 Å². The summed E-state index contributed by atoms with van der Waals surface area (Å²) in [6, 6.07) is 2.07. The summed E-state index contributed by atoms with van der Waals surface area (Å²) in [6.45, 7) is 2.63. The fraction of sp³-hybridized carbons (Fsp3) is 0.571. The third-order valence-electron chi connectivity index (χ3n) is 3.64. The second-order valence-corrected chi connectivity index (χ2v) is 5.19. The van der Waals surface area contributed by atoms with Gasteiger partial charge in [0.15, 0.2) is 0 Å². The first-order chi connectivity index (χ1) is 8.66. The average molecular weight is 247 g/mol. The highest BCUT2D eigenvalue weighted by molar-refractivity contribution is 5.95. The highest BCUT2D eigenvalue weighted by Gasteiger charge is 2.20. The van der Waals surface area contributed by atoms with Crippen LogP contribution in [-0.2, 0) is 0 Å². The van der Waals surface area contributed by atoms with Crippen LogP contribution in [0.2, 0.25) is 0 Å². The second-order valence-electron chi connectivity index (χ2n) is 5.19. The molecule has 98 valence electrons. The first kappa shape index (κ1) is 13.0. The maximum atomic E-state index is 12.0. The lowest BCUT2D eigenvalue weighted by Gasteiger charge is -2.26. The maximum Gasteiger partial charge on any atom is 0.251 e. The Morgan fingerprint density at radius 2 is 2.39 bits per heavy atom. The molecule has 1 saturated carbocycles. The molecular formula is C14H21N3O. The van der Waals surface area contributed by atoms with Gasteiger partial charge in [0.05, 0.1) is 0 Å². The summed E-state index contributed by atoms with van der Waals surface area (Å²) in [6.07, 6.45) is 7.85. The van der Waals surface area contributed by atoms with Crippen LogP contribution in [0.25, 0.3) is 0 Å². The molecule has 18 heavy (non-hydrogen) atoms. The summed E-state index contributed by atoms with van der Waals surface area (Å²) in [4.78, 5) is 16.0. The van der Waals surface area contributed by atoms with Crippen molar-refractivity contribution in [1.29, 1.82) is 0 Å². The average Bonchev–Trinajstić information content (AvgIpc) is 2.37. The highest BCUT2D eigenvalue weighted by atomic mass is 16.1. The maximum absolute atomic E-state index is 12.0. The summed E-state index contributed by atoms with van der Waals surface area (Å²) in [5, 5.41) is 3.01. The van der Waals surface area contributed by atoms with E-state index < -0.39 is 0 Å². The third-order valence-corrected chi connectivity index (χ3v) is 3.64. The fourth-order valence-electron chi connectivity index (χ4n) is 2.58. The molecular weight excluding hydrogens is 226 g/mol. The Hall–Kier alpha value is -1.42. The van der Waals surface area contributed by atoms with Gasteiger partial charge in [-0.3, -0.25) is 9.78 Å². The second kappa shape index (κ2) is 5.96. The zero-order valence-electron chi connectivity index (χ0n) is 10.9. The lowest BCUT2D eigenvalue weighted by atomic mass is 9.86. The third kappa shape index (κ3) is 3.29. The molecule has 0 aromatic carbocycles. The number of carbonyl (C=O) groups excluding carboxylic acids is 1. The number of amides is 1. The number of aryl methyl sites for hydroxylation is 1. The van der Waals surface area contributed by atoms with Gasteiger partial charge in [-0.25, -0.2) is 0 Å². The lowest BCUT2D eigenvalue weighted by Crippen LogP contribution is -2.35. The normalized spacial score (nSPS) is 23.7. The molecule has 1 aromatic rings. The van der Waals surface area contributed by atoms with Gasteiger partial charge >= 0.3 is 0 Å². The standard InChI is InChI=1S/C14H21N3O/c1-10-8-16-6-5-13(10)14(18)17-9-11-3-2-4-12(15)7-11/h5-6,8,11-12H,2-4,7,9,15H2,1H3,(H,17,18). The quantitative estimate of drug-likeness (QED) is 0.853. The molecule has 4 heteroatoms. The Morgan fingerprint density at radius 3 is 3.11 bits per heavy atom. The number of hydrogen-bond donors (Lipinski definition) is 2. The van der Waals surface area contributed by atoms with Gasteiger partial charge in [-0.05, 0) is 43.7 Å². The highest BCUT2D eigenvalue weighted by Crippen LogP contribution is 2.22. The van der Waals surface area contributed by atoms with Crippen molar-refractivity contribution >= 4 is 5.91 Å². The van der Waals surface area contributed by atoms with Crippen LogP contribution in [0, 0.1) is 12.8 Å². The SMILES string of the molecule is Cc1cnccc1C(=O)NCC1CCCC(N)C1. The molecule has 1 aromatic heterocycles. The summed E-state index contributed by atoms with van der Waals surface area (Å²) in [7, 11) is 0. The minimum absolute atomic E-state index is 0.00551. The zero-order valence-corrected chi connectivity index (χ0v) is 10.9. The Labute approximate surface area is 108 Å². The van der Waals surface area contributed by atoms with Crippen LogP contribution in [0.4, 0.5) is 0 Å². The molecule has 1 heterocycles. The van der Waals surface area contributed by atoms with E-state index in [1.807, 2.05) is 6.92 Å². The summed E-state index contributed by atoms with van der Waals surface area (Å²) < 4.78 is 0. The van der Waals surface area contributed by atoms with Crippen molar-refractivity contribution in [2.45, 2.75) is 38.6 Å². The largest absolute Gasteiger partial charge is 0.352 e. The molecule has 3 N–H and O–H groups in total. The first-order valence-electron chi connectivity index (χ1n) is 6.61. The number of carbonyl (C=O) groups is 1. The van der Waals surface area contributed by atoms with Crippen LogP contribution in [-0.4, -0.2) is 23.5 Å². The van der Waals surface area contributed by atoms with E-state index >= 15 is 0 Å². The van der Waals surface area contributed by atoms with Crippen LogP contribution in [0.1, 0.15) is 41.6 Å². The van der Waals surface area contributed by atoms with Gasteiger partial charge in [-0.15, -0.1) is 0 Å². The summed E-state index contributed by atoms with van der Waals surface area (Å²) >= 11 is 0. The number of hydrogen-bond acceptors (Lipinski definition) is 3. The van der Waals surface area contributed by atoms with E-state index in [-0.39, 0.29) is 5.91 Å². The number of nitrogens with zero attached hydrogens (tertiary/aromatic N) is 1. The smallest absolute Gasteiger partial charge is 0.251 e. The van der Waals surface area contributed by atoms with Gasteiger partial charge in [0.1, 0.15) is 0 Å². The molecule has 2 atom stereocenters. The van der Waals surface area contributed by atoms with Crippen LogP contribution >= 0.6 is 0 Å². The number of nitrogens with one attached hydrogen (secondary N) is 1. The van der Waals surface area contributed by atoms with Crippen LogP contribution in [0.5, 0.6) is 0 Å². The van der Waals surface area contributed by atoms with E-state index in [9.17, 15) is 4.79 Å². The molecule has 1 fully saturated rings. The molecule has 4 nitrogen and oxygen atoms in total. The van der Waals surface area contributed by atoms with Crippen molar-refractivity contribution in [2.24, 2.45) is 11.7 Å². The van der Waals surface area contributed by atoms with Crippen molar-refractivity contribution in [3.63, 3.8) is 0 Å². The summed E-state index contributed by atoms with van der Waals surface area (Å²) in [5.74, 6) is 0.522. The minimum Gasteiger partial charge on any atom is -0.352 e. The molecule has 1 amide bonds. The van der Waals surface area contributed by atoms with Crippen molar-refractivity contribution in [3.05, 3.63) is 29.6 Å². The van der Waals surface area contributed by atoms with Gasteiger partial charge in [-0.2, -0.15) is 0 Å². The summed E-state index contributed by atoms with van der Waals surface area (Å²) in [5.41, 5.74) is 7.57. The predicted molar refractivity (Wildman–Crippen MR) is 71.2 cm³/mol. The van der Waals surface area contributed by atoms with Gasteiger partial charge < -0.3 is 11.1 Å². The molecule has 2 rings (SSSR count). The fourth-order valence-corrected chi connectivity index (χ4v) is 2.58. The Balaban J connectivity index is 1.87. The van der Waals surface area contributed by atoms with Crippen molar-refractivity contribution < 1.29 is 4.79 Å². The van der Waals surface area contributed by atoms with E-state index in [4.69, 9.17) is 5.73 Å². The van der Waals surface area contributed by atoms with Crippen molar-refractivity contribution in [1.82, 2.24) is 10.3 Å². The molecule has 0 saturated heterocycles. The van der Waals surface area contributed by atoms with Gasteiger partial charge in [0.25, 0.3) is 5.91 Å². The Morgan fingerprint density at radius 1 is 1.56 bits per heavy atom. The monoisotopic (exact) mass is 247 g/mol. The van der Waals surface area contributed by atoms with Gasteiger partial charge in [-0.1, -0.05) is 6.42 Å². The molecule has 1 aliphatic rings. The number of rotatable bonds is 3. The molecule has 0 radical (unpaired) electrons. The van der Waals surface area contributed by atoms with Gasteiger partial charge in [0.2, 0.25) is 0 Å². The molecule has 1 aliphatic carbocycles. The number of aromatic nitrogens is 1. The number of pyridine rings is 1. The zero-order chi connectivity index (χ0) is 13.0. The molecule has 0 bridgehead atoms. The Kier molecular flexibility index (Phi) is 4.31. The first-order valence-corrected chi connectivity index (χ1v) is 6.61. The van der Waals surface area contributed by atoms with E-state index in [0.29, 0.717) is 17.5 Å². The van der Waals surface area contributed by atoms with E-state index in [1.165, 1.54) is 12.8 Å². The van der Waals surface area contributed by atoms with Crippen LogP contribution in [0.3, 0.4) is 0 Å². The Bertz CT molecular complexity index is 419. The van der Waals surface area contributed by atoms with E-state index in [0.717, 1.165) is 24.9 Å². The van der Waals surface area contributed by atoms with Crippen molar-refractivity contribution in [2.75, 3.05) is 6.54 Å². The van der Waals surface area contributed by atoms with Crippen LogP contribution in [0.15, 0.2) is 18.5 Å².